The molecule has 114 valence electrons. The molecule has 0 aliphatic heterocycles. The number of hydrogen-bond donors (Lipinski definition) is 1. The van der Waals surface area contributed by atoms with Crippen molar-refractivity contribution in [1.29, 1.82) is 0 Å². The Morgan fingerprint density at radius 3 is 2.65 bits per heavy atom. The van der Waals surface area contributed by atoms with Gasteiger partial charge in [0.1, 0.15) is 0 Å². The summed E-state index contributed by atoms with van der Waals surface area (Å²) in [7, 11) is 2.26. The highest BCUT2D eigenvalue weighted by molar-refractivity contribution is 7.09. The normalized spacial score (nSPS) is 18.3. The van der Waals surface area contributed by atoms with Gasteiger partial charge in [-0.3, -0.25) is 0 Å². The lowest BCUT2D eigenvalue weighted by atomic mass is 9.85. The third-order valence-electron chi connectivity index (χ3n) is 4.41. The third-order valence-corrected chi connectivity index (χ3v) is 5.33. The fraction of sp³-hybridized carbons (Fsp3) is 0.812. The topological polar surface area (TPSA) is 28.2 Å². The molecule has 1 aliphatic rings. The zero-order valence-electron chi connectivity index (χ0n) is 13.4. The Morgan fingerprint density at radius 2 is 2.10 bits per heavy atom. The first kappa shape index (κ1) is 15.9. The number of aromatic nitrogens is 1. The monoisotopic (exact) mass is 295 g/mol. The van der Waals surface area contributed by atoms with Crippen LogP contribution < -0.4 is 5.32 Å². The smallest absolute Gasteiger partial charge is 0.0798 e. The molecule has 1 heterocycles. The van der Waals surface area contributed by atoms with Crippen LogP contribution in [0.2, 0.25) is 0 Å². The van der Waals surface area contributed by atoms with Gasteiger partial charge >= 0.3 is 0 Å². The lowest BCUT2D eigenvalue weighted by Crippen LogP contribution is -2.43. The first-order valence-corrected chi connectivity index (χ1v) is 8.70. The third kappa shape index (κ3) is 4.27. The number of hydrogen-bond acceptors (Lipinski definition) is 4. The van der Waals surface area contributed by atoms with E-state index in [1.807, 2.05) is 5.51 Å². The van der Waals surface area contributed by atoms with Crippen LogP contribution in [0.15, 0.2) is 5.51 Å². The van der Waals surface area contributed by atoms with Crippen LogP contribution in [-0.4, -0.2) is 36.1 Å². The van der Waals surface area contributed by atoms with E-state index in [9.17, 15) is 0 Å². The summed E-state index contributed by atoms with van der Waals surface area (Å²) in [6.45, 7) is 10.0. The highest BCUT2D eigenvalue weighted by Crippen LogP contribution is 2.38. The number of aryl methyl sites for hydroxylation is 1. The molecule has 0 spiro atoms. The van der Waals surface area contributed by atoms with Crippen molar-refractivity contribution in [1.82, 2.24) is 15.2 Å². The zero-order valence-corrected chi connectivity index (χ0v) is 14.2. The minimum atomic E-state index is 0.484. The lowest BCUT2D eigenvalue weighted by molar-refractivity contribution is 0.165. The number of rotatable bonds is 7. The van der Waals surface area contributed by atoms with Crippen molar-refractivity contribution >= 4 is 11.3 Å². The minimum absolute atomic E-state index is 0.484. The average Bonchev–Trinajstić information content (AvgIpc) is 2.98. The molecule has 0 radical (unpaired) electrons. The van der Waals surface area contributed by atoms with E-state index in [0.717, 1.165) is 13.1 Å². The zero-order chi connectivity index (χ0) is 14.6. The van der Waals surface area contributed by atoms with Gasteiger partial charge in [0.15, 0.2) is 0 Å². The standard InChI is InChI=1S/C16H29N3S/c1-13(2)17-10-16(7-5-6-8-16)11-19(4)9-15-14(3)18-12-20-15/h12-13,17H,5-11H2,1-4H3. The Morgan fingerprint density at radius 1 is 1.40 bits per heavy atom. The van der Waals surface area contributed by atoms with Crippen LogP contribution in [0.3, 0.4) is 0 Å². The maximum atomic E-state index is 4.36. The molecule has 4 heteroatoms. The molecule has 0 bridgehead atoms. The molecule has 1 N–H and O–H groups in total. The Labute approximate surface area is 127 Å². The molecule has 1 aromatic heterocycles. The van der Waals surface area contributed by atoms with Gasteiger partial charge in [-0.1, -0.05) is 26.7 Å². The predicted octanol–water partition coefficient (Wildman–Crippen LogP) is 3.44. The van der Waals surface area contributed by atoms with E-state index in [0.29, 0.717) is 11.5 Å². The highest BCUT2D eigenvalue weighted by atomic mass is 32.1. The molecular weight excluding hydrogens is 266 g/mol. The van der Waals surface area contributed by atoms with Crippen molar-refractivity contribution < 1.29 is 0 Å². The van der Waals surface area contributed by atoms with E-state index in [-0.39, 0.29) is 0 Å². The number of thiazole rings is 1. The van der Waals surface area contributed by atoms with Crippen molar-refractivity contribution in [3.05, 3.63) is 16.1 Å². The fourth-order valence-corrected chi connectivity index (χ4v) is 4.14. The van der Waals surface area contributed by atoms with Crippen LogP contribution in [-0.2, 0) is 6.54 Å². The summed E-state index contributed by atoms with van der Waals surface area (Å²) in [6, 6.07) is 0.585. The maximum absolute atomic E-state index is 4.36. The molecule has 0 saturated heterocycles. The van der Waals surface area contributed by atoms with Gasteiger partial charge in [0.2, 0.25) is 0 Å². The quantitative estimate of drug-likeness (QED) is 0.835. The van der Waals surface area contributed by atoms with E-state index in [2.05, 4.69) is 43.0 Å². The lowest BCUT2D eigenvalue weighted by Gasteiger charge is -2.34. The van der Waals surface area contributed by atoms with Crippen LogP contribution in [0.5, 0.6) is 0 Å². The van der Waals surface area contributed by atoms with E-state index in [4.69, 9.17) is 0 Å². The van der Waals surface area contributed by atoms with Crippen LogP contribution >= 0.6 is 11.3 Å². The van der Waals surface area contributed by atoms with Crippen LogP contribution in [0, 0.1) is 12.3 Å². The van der Waals surface area contributed by atoms with Crippen molar-refractivity contribution in [2.24, 2.45) is 5.41 Å². The molecule has 0 atom stereocenters. The van der Waals surface area contributed by atoms with Gasteiger partial charge in [0.25, 0.3) is 0 Å². The summed E-state index contributed by atoms with van der Waals surface area (Å²) in [5.74, 6) is 0. The molecule has 0 amide bonds. The molecule has 1 aromatic rings. The van der Waals surface area contributed by atoms with Gasteiger partial charge in [-0.05, 0) is 32.2 Å². The Balaban J connectivity index is 1.92. The summed E-state index contributed by atoms with van der Waals surface area (Å²) in [6.07, 6.45) is 5.54. The van der Waals surface area contributed by atoms with Crippen LogP contribution in [0.4, 0.5) is 0 Å². The SMILES string of the molecule is Cc1ncsc1CN(C)CC1(CNC(C)C)CCCC1. The minimum Gasteiger partial charge on any atom is -0.314 e. The van der Waals surface area contributed by atoms with Crippen molar-refractivity contribution in [3.63, 3.8) is 0 Å². The number of nitrogens with one attached hydrogen (secondary N) is 1. The highest BCUT2D eigenvalue weighted by Gasteiger charge is 2.34. The molecular formula is C16H29N3S. The average molecular weight is 295 g/mol. The molecule has 0 aromatic carbocycles. The molecule has 1 aliphatic carbocycles. The molecule has 20 heavy (non-hydrogen) atoms. The second-order valence-electron chi connectivity index (χ2n) is 6.78. The van der Waals surface area contributed by atoms with Gasteiger partial charge in [0, 0.05) is 30.6 Å². The first-order chi connectivity index (χ1) is 9.51. The van der Waals surface area contributed by atoms with E-state index in [1.165, 1.54) is 42.8 Å². The van der Waals surface area contributed by atoms with Crippen LogP contribution in [0.25, 0.3) is 0 Å². The molecule has 1 saturated carbocycles. The Bertz CT molecular complexity index is 408. The summed E-state index contributed by atoms with van der Waals surface area (Å²) in [5.41, 5.74) is 3.64. The summed E-state index contributed by atoms with van der Waals surface area (Å²) < 4.78 is 0. The maximum Gasteiger partial charge on any atom is 0.0798 e. The van der Waals surface area contributed by atoms with Crippen molar-refractivity contribution in [3.8, 4) is 0 Å². The summed E-state index contributed by atoms with van der Waals surface area (Å²) in [4.78, 5) is 8.27. The van der Waals surface area contributed by atoms with Crippen LogP contribution in [0.1, 0.15) is 50.1 Å². The van der Waals surface area contributed by atoms with Gasteiger partial charge in [-0.25, -0.2) is 4.98 Å². The van der Waals surface area contributed by atoms with Gasteiger partial charge in [0.05, 0.1) is 11.2 Å². The first-order valence-electron chi connectivity index (χ1n) is 7.82. The Kier molecular flexibility index (Phi) is 5.58. The molecule has 1 fully saturated rings. The van der Waals surface area contributed by atoms with Crippen molar-refractivity contribution in [2.75, 3.05) is 20.1 Å². The fourth-order valence-electron chi connectivity index (χ4n) is 3.29. The van der Waals surface area contributed by atoms with Gasteiger partial charge < -0.3 is 10.2 Å². The van der Waals surface area contributed by atoms with Crippen molar-refractivity contribution in [2.45, 2.75) is 59.0 Å². The summed E-state index contributed by atoms with van der Waals surface area (Å²) in [5, 5.41) is 3.67. The van der Waals surface area contributed by atoms with Gasteiger partial charge in [-0.2, -0.15) is 0 Å². The predicted molar refractivity (Wildman–Crippen MR) is 87.2 cm³/mol. The molecule has 2 rings (SSSR count). The molecule has 0 unspecified atom stereocenters. The summed E-state index contributed by atoms with van der Waals surface area (Å²) >= 11 is 1.78. The second-order valence-corrected chi connectivity index (χ2v) is 7.72. The largest absolute Gasteiger partial charge is 0.314 e. The van der Waals surface area contributed by atoms with Gasteiger partial charge in [-0.15, -0.1) is 11.3 Å². The van der Waals surface area contributed by atoms with E-state index in [1.54, 1.807) is 11.3 Å². The number of nitrogens with zero attached hydrogens (tertiary/aromatic N) is 2. The second kappa shape index (κ2) is 7.01. The van der Waals surface area contributed by atoms with E-state index < -0.39 is 0 Å². The Hall–Kier alpha value is -0.450. The molecule has 3 nitrogen and oxygen atoms in total. The van der Waals surface area contributed by atoms with E-state index >= 15 is 0 Å².